The number of methoxy groups -OCH3 is 1. The van der Waals surface area contributed by atoms with Gasteiger partial charge in [-0.1, -0.05) is 6.07 Å². The van der Waals surface area contributed by atoms with E-state index in [4.69, 9.17) is 14.3 Å². The van der Waals surface area contributed by atoms with Gasteiger partial charge in [-0.3, -0.25) is 0 Å². The van der Waals surface area contributed by atoms with Gasteiger partial charge in [0.2, 0.25) is 0 Å². The molecule has 0 spiro atoms. The molecule has 0 aliphatic heterocycles. The van der Waals surface area contributed by atoms with Gasteiger partial charge < -0.3 is 19.2 Å². The summed E-state index contributed by atoms with van der Waals surface area (Å²) in [6.07, 6.45) is 0. The minimum Gasteiger partial charge on any atom is -0.497 e. The number of aliphatic hydroxyl groups is 1. The number of aliphatic hydroxyl groups excluding tert-OH is 1. The quantitative estimate of drug-likeness (QED) is 0.881. The van der Waals surface area contributed by atoms with Crippen molar-refractivity contribution in [2.45, 2.75) is 13.2 Å². The van der Waals surface area contributed by atoms with Crippen LogP contribution in [0.15, 0.2) is 40.8 Å². The molecular weight excluding hydrogens is 230 g/mol. The predicted molar refractivity (Wildman–Crippen MR) is 69.7 cm³/mol. The lowest BCUT2D eigenvalue weighted by atomic mass is 10.2. The number of hydrogen-bond acceptors (Lipinski definition) is 4. The zero-order chi connectivity index (χ0) is 13.0. The Kier molecular flexibility index (Phi) is 3.89. The van der Waals surface area contributed by atoms with Crippen LogP contribution in [0.2, 0.25) is 0 Å². The number of rotatable bonds is 5. The molecule has 96 valence electrons. The number of hydrogen-bond donors (Lipinski definition) is 1. The summed E-state index contributed by atoms with van der Waals surface area (Å²) in [7, 11) is 3.63. The summed E-state index contributed by atoms with van der Waals surface area (Å²) in [5.41, 5.74) is 1.05. The third kappa shape index (κ3) is 2.84. The molecule has 2 rings (SSSR count). The zero-order valence-electron chi connectivity index (χ0n) is 10.6. The molecule has 1 aromatic carbocycles. The van der Waals surface area contributed by atoms with Crippen molar-refractivity contribution in [2.24, 2.45) is 0 Å². The Morgan fingerprint density at radius 3 is 2.67 bits per heavy atom. The molecule has 0 aliphatic rings. The van der Waals surface area contributed by atoms with Crippen LogP contribution in [0.25, 0.3) is 0 Å². The molecule has 0 aliphatic carbocycles. The van der Waals surface area contributed by atoms with Gasteiger partial charge in [-0.05, 0) is 24.3 Å². The summed E-state index contributed by atoms with van der Waals surface area (Å²) in [5.74, 6) is 2.24. The second-order valence-corrected chi connectivity index (χ2v) is 4.08. The molecule has 18 heavy (non-hydrogen) atoms. The largest absolute Gasteiger partial charge is 0.497 e. The standard InChI is InChI=1S/C14H17NO3/c1-15(9-13-6-7-14(10-16)18-13)11-4-3-5-12(8-11)17-2/h3-8,16H,9-10H2,1-2H3. The maximum Gasteiger partial charge on any atom is 0.129 e. The van der Waals surface area contributed by atoms with Gasteiger partial charge in [0.25, 0.3) is 0 Å². The fraction of sp³-hybridized carbons (Fsp3) is 0.286. The van der Waals surface area contributed by atoms with Crippen LogP contribution in [0, 0.1) is 0 Å². The van der Waals surface area contributed by atoms with E-state index in [1.807, 2.05) is 37.4 Å². The molecule has 0 saturated heterocycles. The molecule has 0 saturated carbocycles. The van der Waals surface area contributed by atoms with Crippen molar-refractivity contribution >= 4 is 5.69 Å². The van der Waals surface area contributed by atoms with E-state index in [2.05, 4.69) is 4.90 Å². The van der Waals surface area contributed by atoms with Crippen LogP contribution in [-0.4, -0.2) is 19.3 Å². The predicted octanol–water partition coefficient (Wildman–Crippen LogP) is 2.42. The minimum absolute atomic E-state index is 0.0666. The van der Waals surface area contributed by atoms with E-state index in [0.29, 0.717) is 12.3 Å². The molecular formula is C14H17NO3. The summed E-state index contributed by atoms with van der Waals surface area (Å²) in [5, 5.41) is 8.95. The highest BCUT2D eigenvalue weighted by Crippen LogP contribution is 2.21. The Balaban J connectivity index is 2.08. The van der Waals surface area contributed by atoms with E-state index < -0.39 is 0 Å². The van der Waals surface area contributed by atoms with Gasteiger partial charge in [0.1, 0.15) is 23.9 Å². The zero-order valence-corrected chi connectivity index (χ0v) is 10.6. The van der Waals surface area contributed by atoms with Gasteiger partial charge in [-0.2, -0.15) is 0 Å². The van der Waals surface area contributed by atoms with Crippen LogP contribution in [-0.2, 0) is 13.2 Å². The third-order valence-corrected chi connectivity index (χ3v) is 2.76. The molecule has 0 radical (unpaired) electrons. The number of nitrogens with zero attached hydrogens (tertiary/aromatic N) is 1. The van der Waals surface area contributed by atoms with Gasteiger partial charge in [-0.15, -0.1) is 0 Å². The van der Waals surface area contributed by atoms with Crippen LogP contribution in [0.3, 0.4) is 0 Å². The molecule has 0 unspecified atom stereocenters. The second-order valence-electron chi connectivity index (χ2n) is 4.08. The van der Waals surface area contributed by atoms with Crippen molar-refractivity contribution in [3.63, 3.8) is 0 Å². The normalized spacial score (nSPS) is 10.4. The maximum atomic E-state index is 8.95. The smallest absolute Gasteiger partial charge is 0.129 e. The van der Waals surface area contributed by atoms with Crippen molar-refractivity contribution in [1.29, 1.82) is 0 Å². The van der Waals surface area contributed by atoms with E-state index in [9.17, 15) is 0 Å². The SMILES string of the molecule is COc1cccc(N(C)Cc2ccc(CO)o2)c1. The molecule has 4 heteroatoms. The summed E-state index contributed by atoms with van der Waals surface area (Å²) < 4.78 is 10.7. The summed E-state index contributed by atoms with van der Waals surface area (Å²) >= 11 is 0. The Bertz CT molecular complexity index is 507. The molecule has 2 aromatic rings. The van der Waals surface area contributed by atoms with Crippen molar-refractivity contribution in [3.05, 3.63) is 47.9 Å². The monoisotopic (exact) mass is 247 g/mol. The highest BCUT2D eigenvalue weighted by atomic mass is 16.5. The van der Waals surface area contributed by atoms with Crippen LogP contribution in [0.1, 0.15) is 11.5 Å². The molecule has 0 atom stereocenters. The van der Waals surface area contributed by atoms with Gasteiger partial charge in [0.15, 0.2) is 0 Å². The number of ether oxygens (including phenoxy) is 1. The van der Waals surface area contributed by atoms with Crippen LogP contribution >= 0.6 is 0 Å². The van der Waals surface area contributed by atoms with E-state index in [1.165, 1.54) is 0 Å². The number of benzene rings is 1. The first-order valence-corrected chi connectivity index (χ1v) is 5.76. The fourth-order valence-corrected chi connectivity index (χ4v) is 1.77. The van der Waals surface area contributed by atoms with E-state index in [0.717, 1.165) is 17.2 Å². The summed E-state index contributed by atoms with van der Waals surface area (Å²) in [4.78, 5) is 2.06. The summed E-state index contributed by atoms with van der Waals surface area (Å²) in [6.45, 7) is 0.579. The van der Waals surface area contributed by atoms with Crippen molar-refractivity contribution < 1.29 is 14.3 Å². The second kappa shape index (κ2) is 5.60. The first-order valence-electron chi connectivity index (χ1n) is 5.76. The molecule has 1 aromatic heterocycles. The first-order chi connectivity index (χ1) is 8.72. The van der Waals surface area contributed by atoms with Gasteiger partial charge in [0, 0.05) is 18.8 Å². The van der Waals surface area contributed by atoms with Crippen LogP contribution in [0.5, 0.6) is 5.75 Å². The van der Waals surface area contributed by atoms with E-state index in [-0.39, 0.29) is 6.61 Å². The maximum absolute atomic E-state index is 8.95. The lowest BCUT2D eigenvalue weighted by Gasteiger charge is -2.18. The molecule has 0 fully saturated rings. The van der Waals surface area contributed by atoms with Crippen molar-refractivity contribution in [3.8, 4) is 5.75 Å². The van der Waals surface area contributed by atoms with Crippen molar-refractivity contribution in [1.82, 2.24) is 0 Å². The Morgan fingerprint density at radius 2 is 2.00 bits per heavy atom. The molecule has 4 nitrogen and oxygen atoms in total. The molecule has 0 bridgehead atoms. The Morgan fingerprint density at radius 1 is 1.22 bits per heavy atom. The summed E-state index contributed by atoms with van der Waals surface area (Å²) in [6, 6.07) is 11.5. The topological polar surface area (TPSA) is 45.8 Å². The van der Waals surface area contributed by atoms with Crippen molar-refractivity contribution in [2.75, 3.05) is 19.1 Å². The lowest BCUT2D eigenvalue weighted by Crippen LogP contribution is -2.15. The Hall–Kier alpha value is -1.94. The lowest BCUT2D eigenvalue weighted by molar-refractivity contribution is 0.243. The van der Waals surface area contributed by atoms with Gasteiger partial charge >= 0.3 is 0 Å². The fourth-order valence-electron chi connectivity index (χ4n) is 1.77. The number of furan rings is 1. The Labute approximate surface area is 106 Å². The average molecular weight is 247 g/mol. The first kappa shape index (κ1) is 12.5. The van der Waals surface area contributed by atoms with Gasteiger partial charge in [-0.25, -0.2) is 0 Å². The average Bonchev–Trinajstić information content (AvgIpc) is 2.86. The molecule has 1 N–H and O–H groups in total. The third-order valence-electron chi connectivity index (χ3n) is 2.76. The van der Waals surface area contributed by atoms with Crippen LogP contribution < -0.4 is 9.64 Å². The minimum atomic E-state index is -0.0666. The van der Waals surface area contributed by atoms with Gasteiger partial charge in [0.05, 0.1) is 13.7 Å². The number of anilines is 1. The molecule has 1 heterocycles. The highest BCUT2D eigenvalue weighted by Gasteiger charge is 2.06. The van der Waals surface area contributed by atoms with E-state index >= 15 is 0 Å². The molecule has 0 amide bonds. The highest BCUT2D eigenvalue weighted by molar-refractivity contribution is 5.50. The van der Waals surface area contributed by atoms with E-state index in [1.54, 1.807) is 13.2 Å². The van der Waals surface area contributed by atoms with Crippen LogP contribution in [0.4, 0.5) is 5.69 Å².